The highest BCUT2D eigenvalue weighted by Crippen LogP contribution is 2.01. The third kappa shape index (κ3) is 3.20. The van der Waals surface area contributed by atoms with Crippen molar-refractivity contribution in [3.63, 3.8) is 0 Å². The van der Waals surface area contributed by atoms with Crippen molar-refractivity contribution in [1.82, 2.24) is 5.32 Å². The monoisotopic (exact) mass is 163 g/mol. The molecule has 60 valence electrons. The third-order valence-corrected chi connectivity index (χ3v) is 1.46. The number of ether oxygens (including phenoxy) is 1. The van der Waals surface area contributed by atoms with Crippen LogP contribution in [-0.2, 0) is 4.74 Å². The van der Waals surface area contributed by atoms with Crippen molar-refractivity contribution in [2.75, 3.05) is 19.7 Å². The van der Waals surface area contributed by atoms with Crippen LogP contribution in [0, 0.1) is 0 Å². The van der Waals surface area contributed by atoms with E-state index in [0.29, 0.717) is 12.7 Å². The zero-order valence-electron chi connectivity index (χ0n) is 6.01. The topological polar surface area (TPSA) is 21.3 Å². The summed E-state index contributed by atoms with van der Waals surface area (Å²) in [6.07, 6.45) is 3.37. The summed E-state index contributed by atoms with van der Waals surface area (Å²) in [6, 6.07) is 0. The Hall–Kier alpha value is -0.0500. The standard InChI is InChI=1S/C7H13NO.ClH/c1-2-5-9-7-3-4-8-6-7;/h2,7-8H,1,3-6H2;1H/t7-;/m1./s1. The minimum atomic E-state index is 0. The molecule has 10 heavy (non-hydrogen) atoms. The molecular formula is C7H14ClNO. The maximum atomic E-state index is 5.37. The van der Waals surface area contributed by atoms with Gasteiger partial charge in [0.15, 0.2) is 0 Å². The summed E-state index contributed by atoms with van der Waals surface area (Å²) < 4.78 is 5.37. The van der Waals surface area contributed by atoms with Crippen LogP contribution in [0.1, 0.15) is 6.42 Å². The van der Waals surface area contributed by atoms with Gasteiger partial charge in [0.1, 0.15) is 0 Å². The van der Waals surface area contributed by atoms with Gasteiger partial charge in [0.25, 0.3) is 0 Å². The molecule has 0 bridgehead atoms. The normalized spacial score (nSPS) is 23.8. The third-order valence-electron chi connectivity index (χ3n) is 1.46. The quantitative estimate of drug-likeness (QED) is 0.627. The van der Waals surface area contributed by atoms with Gasteiger partial charge in [0, 0.05) is 6.54 Å². The zero-order chi connectivity index (χ0) is 6.53. The molecular weight excluding hydrogens is 150 g/mol. The second-order valence-electron chi connectivity index (χ2n) is 2.24. The van der Waals surface area contributed by atoms with Gasteiger partial charge in [0.05, 0.1) is 12.7 Å². The van der Waals surface area contributed by atoms with Crippen LogP contribution in [0.25, 0.3) is 0 Å². The zero-order valence-corrected chi connectivity index (χ0v) is 6.82. The van der Waals surface area contributed by atoms with E-state index in [0.717, 1.165) is 19.5 Å². The van der Waals surface area contributed by atoms with Gasteiger partial charge in [-0.3, -0.25) is 0 Å². The fourth-order valence-corrected chi connectivity index (χ4v) is 0.975. The molecule has 1 heterocycles. The van der Waals surface area contributed by atoms with E-state index < -0.39 is 0 Å². The molecule has 1 N–H and O–H groups in total. The molecule has 0 saturated carbocycles. The van der Waals surface area contributed by atoms with Gasteiger partial charge >= 0.3 is 0 Å². The highest BCUT2D eigenvalue weighted by molar-refractivity contribution is 5.85. The van der Waals surface area contributed by atoms with Crippen molar-refractivity contribution < 1.29 is 4.74 Å². The molecule has 3 heteroatoms. The maximum absolute atomic E-state index is 5.37. The molecule has 1 atom stereocenters. The van der Waals surface area contributed by atoms with E-state index in [9.17, 15) is 0 Å². The lowest BCUT2D eigenvalue weighted by molar-refractivity contribution is 0.0896. The molecule has 1 aliphatic heterocycles. The fourth-order valence-electron chi connectivity index (χ4n) is 0.975. The number of rotatable bonds is 3. The first-order valence-corrected chi connectivity index (χ1v) is 3.36. The highest BCUT2D eigenvalue weighted by Gasteiger charge is 2.12. The molecule has 0 amide bonds. The van der Waals surface area contributed by atoms with Crippen LogP contribution in [0.4, 0.5) is 0 Å². The fraction of sp³-hybridized carbons (Fsp3) is 0.714. The van der Waals surface area contributed by atoms with Gasteiger partial charge in [-0.1, -0.05) is 6.08 Å². The first-order chi connectivity index (χ1) is 4.43. The Bertz CT molecular complexity index is 91.6. The molecule has 0 radical (unpaired) electrons. The summed E-state index contributed by atoms with van der Waals surface area (Å²) >= 11 is 0. The molecule has 0 spiro atoms. The molecule has 0 aliphatic carbocycles. The molecule has 2 nitrogen and oxygen atoms in total. The summed E-state index contributed by atoms with van der Waals surface area (Å²) in [5.74, 6) is 0. The van der Waals surface area contributed by atoms with Gasteiger partial charge in [-0.2, -0.15) is 0 Å². The van der Waals surface area contributed by atoms with Crippen LogP contribution >= 0.6 is 12.4 Å². The van der Waals surface area contributed by atoms with E-state index in [1.165, 1.54) is 0 Å². The number of halogens is 1. The van der Waals surface area contributed by atoms with Crippen molar-refractivity contribution >= 4 is 12.4 Å². The molecule has 0 unspecified atom stereocenters. The van der Waals surface area contributed by atoms with Crippen molar-refractivity contribution in [3.8, 4) is 0 Å². The van der Waals surface area contributed by atoms with Gasteiger partial charge in [0.2, 0.25) is 0 Å². The largest absolute Gasteiger partial charge is 0.373 e. The van der Waals surface area contributed by atoms with Crippen molar-refractivity contribution in [3.05, 3.63) is 12.7 Å². The van der Waals surface area contributed by atoms with E-state index in [4.69, 9.17) is 4.74 Å². The van der Waals surface area contributed by atoms with Crippen LogP contribution in [-0.4, -0.2) is 25.8 Å². The average molecular weight is 164 g/mol. The first kappa shape index (κ1) is 9.95. The Morgan fingerprint density at radius 3 is 3.00 bits per heavy atom. The Morgan fingerprint density at radius 1 is 1.70 bits per heavy atom. The van der Waals surface area contributed by atoms with E-state index in [1.54, 1.807) is 6.08 Å². The molecule has 0 aromatic carbocycles. The maximum Gasteiger partial charge on any atom is 0.0715 e. The number of nitrogens with one attached hydrogen (secondary N) is 1. The minimum absolute atomic E-state index is 0. The molecule has 1 saturated heterocycles. The van der Waals surface area contributed by atoms with E-state index >= 15 is 0 Å². The predicted molar refractivity (Wildman–Crippen MR) is 44.7 cm³/mol. The van der Waals surface area contributed by atoms with E-state index in [2.05, 4.69) is 11.9 Å². The van der Waals surface area contributed by atoms with Gasteiger partial charge in [-0.15, -0.1) is 19.0 Å². The predicted octanol–water partition coefficient (Wildman–Crippen LogP) is 0.973. The molecule has 1 fully saturated rings. The van der Waals surface area contributed by atoms with Crippen LogP contribution in [0.2, 0.25) is 0 Å². The Labute approximate surface area is 68.0 Å². The summed E-state index contributed by atoms with van der Waals surface area (Å²) in [4.78, 5) is 0. The lowest BCUT2D eigenvalue weighted by Crippen LogP contribution is -2.16. The number of hydrogen-bond acceptors (Lipinski definition) is 2. The lowest BCUT2D eigenvalue weighted by atomic mass is 10.3. The molecule has 1 aliphatic rings. The van der Waals surface area contributed by atoms with Crippen LogP contribution in [0.3, 0.4) is 0 Å². The van der Waals surface area contributed by atoms with E-state index in [-0.39, 0.29) is 12.4 Å². The molecule has 0 aromatic rings. The summed E-state index contributed by atoms with van der Waals surface area (Å²) in [7, 11) is 0. The van der Waals surface area contributed by atoms with Crippen LogP contribution in [0.5, 0.6) is 0 Å². The Kier molecular flexibility index (Phi) is 5.69. The smallest absolute Gasteiger partial charge is 0.0715 e. The first-order valence-electron chi connectivity index (χ1n) is 3.36. The SMILES string of the molecule is C=CCO[C@@H]1CCNC1.Cl. The highest BCUT2D eigenvalue weighted by atomic mass is 35.5. The Balaban J connectivity index is 0.000000810. The summed E-state index contributed by atoms with van der Waals surface area (Å²) in [5.41, 5.74) is 0. The summed E-state index contributed by atoms with van der Waals surface area (Å²) in [5, 5.41) is 3.22. The molecule has 1 rings (SSSR count). The van der Waals surface area contributed by atoms with E-state index in [1.807, 2.05) is 0 Å². The van der Waals surface area contributed by atoms with Crippen molar-refractivity contribution in [2.24, 2.45) is 0 Å². The van der Waals surface area contributed by atoms with Gasteiger partial charge < -0.3 is 10.1 Å². The van der Waals surface area contributed by atoms with Crippen LogP contribution in [0.15, 0.2) is 12.7 Å². The van der Waals surface area contributed by atoms with Crippen LogP contribution < -0.4 is 5.32 Å². The molecule has 0 aromatic heterocycles. The second-order valence-corrected chi connectivity index (χ2v) is 2.24. The van der Waals surface area contributed by atoms with Crippen molar-refractivity contribution in [2.45, 2.75) is 12.5 Å². The summed E-state index contributed by atoms with van der Waals surface area (Å²) in [6.45, 7) is 6.37. The van der Waals surface area contributed by atoms with Crippen molar-refractivity contribution in [1.29, 1.82) is 0 Å². The van der Waals surface area contributed by atoms with Gasteiger partial charge in [-0.05, 0) is 13.0 Å². The lowest BCUT2D eigenvalue weighted by Gasteiger charge is -2.06. The minimum Gasteiger partial charge on any atom is -0.373 e. The van der Waals surface area contributed by atoms with Gasteiger partial charge in [-0.25, -0.2) is 0 Å². The average Bonchev–Trinajstić information content (AvgIpc) is 2.34. The Morgan fingerprint density at radius 2 is 2.50 bits per heavy atom. The number of hydrogen-bond donors (Lipinski definition) is 1. The second kappa shape index (κ2) is 5.71.